The lowest BCUT2D eigenvalue weighted by Gasteiger charge is -2.34. The summed E-state index contributed by atoms with van der Waals surface area (Å²) in [5, 5.41) is 2.58. The molecule has 0 radical (unpaired) electrons. The molecule has 34 heavy (non-hydrogen) atoms. The van der Waals surface area contributed by atoms with Gasteiger partial charge in [-0.1, -0.05) is 137 Å². The van der Waals surface area contributed by atoms with Crippen LogP contribution in [-0.2, 0) is 5.41 Å². The maximum atomic E-state index is 2.41. The fourth-order valence-corrected chi connectivity index (χ4v) is 5.13. The molecule has 1 aliphatic carbocycles. The van der Waals surface area contributed by atoms with Gasteiger partial charge in [-0.05, 0) is 61.7 Å². The van der Waals surface area contributed by atoms with Crippen LogP contribution >= 0.6 is 0 Å². The van der Waals surface area contributed by atoms with Crippen molar-refractivity contribution in [2.75, 3.05) is 0 Å². The summed E-state index contributed by atoms with van der Waals surface area (Å²) in [7, 11) is 0. The van der Waals surface area contributed by atoms with Crippen LogP contribution in [0.15, 0.2) is 121 Å². The summed E-state index contributed by atoms with van der Waals surface area (Å²) in [5.41, 5.74) is 8.23. The second kappa shape index (κ2) is 8.61. The summed E-state index contributed by atoms with van der Waals surface area (Å²) in [5.74, 6) is 0. The molecule has 0 saturated carbocycles. The van der Waals surface area contributed by atoms with Crippen LogP contribution < -0.4 is 0 Å². The highest BCUT2D eigenvalue weighted by Gasteiger charge is 2.45. The van der Waals surface area contributed by atoms with E-state index in [1.807, 2.05) is 0 Å². The Morgan fingerprint density at radius 1 is 0.441 bits per heavy atom. The van der Waals surface area contributed by atoms with Crippen LogP contribution in [0.4, 0.5) is 0 Å². The summed E-state index contributed by atoms with van der Waals surface area (Å²) < 4.78 is 0. The predicted octanol–water partition coefficient (Wildman–Crippen LogP) is 9.26. The number of rotatable bonds is 2. The van der Waals surface area contributed by atoms with Gasteiger partial charge in [0, 0.05) is 0 Å². The van der Waals surface area contributed by atoms with Crippen molar-refractivity contribution in [1.82, 2.24) is 0 Å². The summed E-state index contributed by atoms with van der Waals surface area (Å²) in [4.78, 5) is 0. The third kappa shape index (κ3) is 3.84. The van der Waals surface area contributed by atoms with E-state index in [1.165, 1.54) is 44.2 Å². The van der Waals surface area contributed by atoms with Gasteiger partial charge in [0.25, 0.3) is 0 Å². The Kier molecular flexibility index (Phi) is 5.62. The normalized spacial score (nSPS) is 13.5. The fraction of sp³-hybridized carbons (Fsp3) is 0.176. The molecule has 0 atom stereocenters. The van der Waals surface area contributed by atoms with E-state index in [0.717, 1.165) is 0 Å². The maximum Gasteiger partial charge on any atom is 0.0713 e. The Balaban J connectivity index is 0.000000439. The monoisotopic (exact) mass is 440 g/mol. The molecule has 0 heterocycles. The summed E-state index contributed by atoms with van der Waals surface area (Å²) >= 11 is 0. The molecule has 0 heteroatoms. The van der Waals surface area contributed by atoms with Gasteiger partial charge in [0.05, 0.1) is 5.41 Å². The van der Waals surface area contributed by atoms with E-state index in [2.05, 4.69) is 149 Å². The van der Waals surface area contributed by atoms with Gasteiger partial charge < -0.3 is 0 Å². The summed E-state index contributed by atoms with van der Waals surface area (Å²) in [6.07, 6.45) is 0. The first kappa shape index (κ1) is 22.2. The first-order chi connectivity index (χ1) is 16.4. The van der Waals surface area contributed by atoms with Crippen molar-refractivity contribution >= 4 is 10.8 Å². The fourth-order valence-electron chi connectivity index (χ4n) is 5.13. The van der Waals surface area contributed by atoms with Crippen LogP contribution in [0.2, 0.25) is 0 Å². The Labute approximate surface area is 203 Å². The Morgan fingerprint density at radius 3 is 1.44 bits per heavy atom. The standard InChI is InChI=1S/C29H20.C5H12/c1-3-13-23(14-4-1)29(24-15-5-2-6-16-24)27-18-10-9-17-25(27)26-19-21-11-7-8-12-22(21)20-28(26)29;1-5(2,3)4/h1-20H;1-4H3. The van der Waals surface area contributed by atoms with Gasteiger partial charge in [-0.25, -0.2) is 0 Å². The Bertz CT molecular complexity index is 1370. The van der Waals surface area contributed by atoms with Crippen molar-refractivity contribution in [3.8, 4) is 11.1 Å². The van der Waals surface area contributed by atoms with Crippen LogP contribution in [0.1, 0.15) is 49.9 Å². The lowest BCUT2D eigenvalue weighted by molar-refractivity contribution is 0.469. The second-order valence-corrected chi connectivity index (χ2v) is 10.8. The third-order valence-corrected chi connectivity index (χ3v) is 6.32. The number of hydrogen-bond acceptors (Lipinski definition) is 0. The van der Waals surface area contributed by atoms with Gasteiger partial charge in [0.15, 0.2) is 0 Å². The van der Waals surface area contributed by atoms with Crippen molar-refractivity contribution in [3.63, 3.8) is 0 Å². The van der Waals surface area contributed by atoms with Gasteiger partial charge in [-0.15, -0.1) is 0 Å². The van der Waals surface area contributed by atoms with E-state index in [0.29, 0.717) is 5.41 Å². The first-order valence-electron chi connectivity index (χ1n) is 12.1. The Morgan fingerprint density at radius 2 is 0.882 bits per heavy atom. The minimum absolute atomic E-state index is 0.307. The van der Waals surface area contributed by atoms with Crippen molar-refractivity contribution in [2.24, 2.45) is 5.41 Å². The predicted molar refractivity (Wildman–Crippen MR) is 146 cm³/mol. The van der Waals surface area contributed by atoms with Crippen molar-refractivity contribution in [3.05, 3.63) is 144 Å². The van der Waals surface area contributed by atoms with E-state index >= 15 is 0 Å². The molecule has 0 aromatic heterocycles. The van der Waals surface area contributed by atoms with Gasteiger partial charge in [0.1, 0.15) is 0 Å². The molecule has 0 saturated heterocycles. The molecular formula is C34H32. The molecular weight excluding hydrogens is 408 g/mol. The first-order valence-corrected chi connectivity index (χ1v) is 12.1. The average molecular weight is 441 g/mol. The smallest absolute Gasteiger partial charge is 0.0622 e. The molecule has 1 aliphatic rings. The van der Waals surface area contributed by atoms with E-state index < -0.39 is 0 Å². The quantitative estimate of drug-likeness (QED) is 0.252. The Hall–Kier alpha value is -3.64. The molecule has 0 unspecified atom stereocenters. The number of hydrogen-bond donors (Lipinski definition) is 0. The minimum atomic E-state index is -0.307. The molecule has 0 spiro atoms. The lowest BCUT2D eigenvalue weighted by Crippen LogP contribution is -2.28. The maximum absolute atomic E-state index is 2.41. The summed E-state index contributed by atoms with van der Waals surface area (Å²) in [6.45, 7) is 8.75. The van der Waals surface area contributed by atoms with E-state index in [-0.39, 0.29) is 5.41 Å². The molecule has 0 N–H and O–H groups in total. The highest BCUT2D eigenvalue weighted by Crippen LogP contribution is 2.56. The van der Waals surface area contributed by atoms with Gasteiger partial charge in [0.2, 0.25) is 0 Å². The molecule has 6 rings (SSSR count). The molecule has 168 valence electrons. The molecule has 0 amide bonds. The van der Waals surface area contributed by atoms with Gasteiger partial charge >= 0.3 is 0 Å². The van der Waals surface area contributed by atoms with Crippen molar-refractivity contribution < 1.29 is 0 Å². The van der Waals surface area contributed by atoms with Crippen molar-refractivity contribution in [2.45, 2.75) is 33.1 Å². The van der Waals surface area contributed by atoms with Crippen LogP contribution in [-0.4, -0.2) is 0 Å². The highest BCUT2D eigenvalue weighted by atomic mass is 14.5. The van der Waals surface area contributed by atoms with Gasteiger partial charge in [-0.2, -0.15) is 0 Å². The van der Waals surface area contributed by atoms with Crippen LogP contribution in [0.25, 0.3) is 21.9 Å². The van der Waals surface area contributed by atoms with Crippen LogP contribution in [0.3, 0.4) is 0 Å². The second-order valence-electron chi connectivity index (χ2n) is 10.8. The molecule has 0 bridgehead atoms. The van der Waals surface area contributed by atoms with E-state index in [9.17, 15) is 0 Å². The average Bonchev–Trinajstić information content (AvgIpc) is 3.13. The van der Waals surface area contributed by atoms with Crippen LogP contribution in [0, 0.1) is 5.41 Å². The lowest BCUT2D eigenvalue weighted by atomic mass is 9.67. The van der Waals surface area contributed by atoms with E-state index in [4.69, 9.17) is 0 Å². The SMILES string of the molecule is CC(C)(C)C.c1ccc(C2(c3ccccc3)c3ccccc3-c3cc4ccccc4cc32)cc1. The van der Waals surface area contributed by atoms with Crippen molar-refractivity contribution in [1.29, 1.82) is 0 Å². The zero-order chi connectivity index (χ0) is 23.8. The zero-order valence-corrected chi connectivity index (χ0v) is 20.5. The summed E-state index contributed by atoms with van der Waals surface area (Å²) in [6, 6.07) is 44.3. The van der Waals surface area contributed by atoms with Gasteiger partial charge in [-0.3, -0.25) is 0 Å². The topological polar surface area (TPSA) is 0 Å². The largest absolute Gasteiger partial charge is 0.0713 e. The zero-order valence-electron chi connectivity index (χ0n) is 20.5. The minimum Gasteiger partial charge on any atom is -0.0622 e. The van der Waals surface area contributed by atoms with E-state index in [1.54, 1.807) is 0 Å². The molecule has 5 aromatic rings. The third-order valence-electron chi connectivity index (χ3n) is 6.32. The molecule has 0 fully saturated rings. The number of benzene rings is 5. The molecule has 0 nitrogen and oxygen atoms in total. The number of fused-ring (bicyclic) bond motifs is 4. The molecule has 0 aliphatic heterocycles. The molecule has 5 aromatic carbocycles. The van der Waals surface area contributed by atoms with Crippen LogP contribution in [0.5, 0.6) is 0 Å². The highest BCUT2D eigenvalue weighted by molar-refractivity contribution is 5.95.